The maximum absolute atomic E-state index is 13.6. The first-order valence-electron chi connectivity index (χ1n) is 12.5. The van der Waals surface area contributed by atoms with Gasteiger partial charge in [-0.25, -0.2) is 8.42 Å². The molecule has 1 fully saturated rings. The van der Waals surface area contributed by atoms with Crippen LogP contribution in [0.1, 0.15) is 16.7 Å². The maximum atomic E-state index is 13.6. The molecule has 3 aromatic carbocycles. The Morgan fingerprint density at radius 1 is 1.03 bits per heavy atom. The topological polar surface area (TPSA) is 88.2 Å². The van der Waals surface area contributed by atoms with Crippen LogP contribution < -0.4 is 14.4 Å². The highest BCUT2D eigenvalue weighted by Crippen LogP contribution is 2.39. The standard InChI is InChI=1S/C28H30ClN3O5S/c1-20-5-8-24(9-6-20)38(34,35)32-19-27(37-26-10-7-23(29)16-25(26)32)28(33)30-17-21-3-2-4-22(15-21)18-31-11-13-36-14-12-31/h2-10,15-16,27H,11-14,17-19H2,1H3,(H,30,33)/t27-/m1/s1. The molecule has 2 aliphatic heterocycles. The number of hydrogen-bond acceptors (Lipinski definition) is 6. The third-order valence-corrected chi connectivity index (χ3v) is 8.69. The minimum Gasteiger partial charge on any atom is -0.476 e. The molecule has 1 amide bonds. The second-order valence-electron chi connectivity index (χ2n) is 9.49. The van der Waals surface area contributed by atoms with Crippen molar-refractivity contribution in [2.24, 2.45) is 0 Å². The molecule has 3 aromatic rings. The zero-order chi connectivity index (χ0) is 26.7. The van der Waals surface area contributed by atoms with Crippen LogP contribution in [0.15, 0.2) is 71.6 Å². The highest BCUT2D eigenvalue weighted by atomic mass is 35.5. The van der Waals surface area contributed by atoms with Crippen molar-refractivity contribution in [3.05, 3.63) is 88.4 Å². The number of halogens is 1. The number of nitrogens with one attached hydrogen (secondary N) is 1. The normalized spacial score (nSPS) is 17.9. The third kappa shape index (κ3) is 5.96. The zero-order valence-electron chi connectivity index (χ0n) is 21.1. The smallest absolute Gasteiger partial charge is 0.264 e. The van der Waals surface area contributed by atoms with Crippen molar-refractivity contribution in [2.45, 2.75) is 31.0 Å². The van der Waals surface area contributed by atoms with Gasteiger partial charge in [0.2, 0.25) is 0 Å². The molecule has 1 atom stereocenters. The average Bonchev–Trinajstić information content (AvgIpc) is 2.92. The second-order valence-corrected chi connectivity index (χ2v) is 11.8. The molecule has 0 aromatic heterocycles. The van der Waals surface area contributed by atoms with Gasteiger partial charge in [-0.3, -0.25) is 14.0 Å². The predicted octanol–water partition coefficient (Wildman–Crippen LogP) is 3.75. The zero-order valence-corrected chi connectivity index (χ0v) is 22.7. The Balaban J connectivity index is 1.31. The molecular weight excluding hydrogens is 526 g/mol. The molecule has 0 saturated carbocycles. The van der Waals surface area contributed by atoms with Crippen LogP contribution in [0.3, 0.4) is 0 Å². The number of ether oxygens (including phenoxy) is 2. The van der Waals surface area contributed by atoms with Crippen LogP contribution in [0.2, 0.25) is 5.02 Å². The number of amides is 1. The van der Waals surface area contributed by atoms with Gasteiger partial charge in [0.25, 0.3) is 15.9 Å². The summed E-state index contributed by atoms with van der Waals surface area (Å²) in [4.78, 5) is 15.7. The molecule has 0 spiro atoms. The molecule has 1 saturated heterocycles. The van der Waals surface area contributed by atoms with E-state index in [0.717, 1.165) is 49.5 Å². The number of aryl methyl sites for hydroxylation is 1. The van der Waals surface area contributed by atoms with Crippen molar-refractivity contribution in [2.75, 3.05) is 37.2 Å². The molecular formula is C28H30ClN3O5S. The number of sulfonamides is 1. The Labute approximate surface area is 228 Å². The van der Waals surface area contributed by atoms with E-state index in [1.165, 1.54) is 10.4 Å². The van der Waals surface area contributed by atoms with Crippen molar-refractivity contribution in [1.29, 1.82) is 0 Å². The van der Waals surface area contributed by atoms with Crippen molar-refractivity contribution < 1.29 is 22.7 Å². The van der Waals surface area contributed by atoms with Crippen LogP contribution in [-0.4, -0.2) is 58.2 Å². The summed E-state index contributed by atoms with van der Waals surface area (Å²) in [5.41, 5.74) is 3.36. The summed E-state index contributed by atoms with van der Waals surface area (Å²) < 4.78 is 39.8. The quantitative estimate of drug-likeness (QED) is 0.478. The van der Waals surface area contributed by atoms with Gasteiger partial charge in [0.1, 0.15) is 5.75 Å². The van der Waals surface area contributed by atoms with Crippen molar-refractivity contribution in [3.8, 4) is 5.75 Å². The van der Waals surface area contributed by atoms with E-state index >= 15 is 0 Å². The van der Waals surface area contributed by atoms with E-state index < -0.39 is 22.0 Å². The van der Waals surface area contributed by atoms with Crippen LogP contribution in [0, 0.1) is 6.92 Å². The fourth-order valence-corrected chi connectivity index (χ4v) is 6.22. The molecule has 200 valence electrons. The van der Waals surface area contributed by atoms with Gasteiger partial charge in [0.05, 0.1) is 30.3 Å². The minimum absolute atomic E-state index is 0.132. The van der Waals surface area contributed by atoms with Gasteiger partial charge in [-0.1, -0.05) is 53.6 Å². The molecule has 5 rings (SSSR count). The Hall–Kier alpha value is -3.11. The number of hydrogen-bond donors (Lipinski definition) is 1. The summed E-state index contributed by atoms with van der Waals surface area (Å²) in [6.07, 6.45) is -1.03. The van der Waals surface area contributed by atoms with Crippen LogP contribution in [-0.2, 0) is 32.6 Å². The maximum Gasteiger partial charge on any atom is 0.264 e. The lowest BCUT2D eigenvalue weighted by Gasteiger charge is -2.35. The first-order valence-corrected chi connectivity index (χ1v) is 14.3. The fraction of sp³-hybridized carbons (Fsp3) is 0.321. The number of benzene rings is 3. The SMILES string of the molecule is Cc1ccc(S(=O)(=O)N2C[C@H](C(=O)NCc3cccc(CN4CCOCC4)c3)Oc3ccc(Cl)cc32)cc1. The first kappa shape index (κ1) is 26.5. The average molecular weight is 556 g/mol. The number of morpholine rings is 1. The predicted molar refractivity (Wildman–Crippen MR) is 146 cm³/mol. The van der Waals surface area contributed by atoms with Gasteiger partial charge < -0.3 is 14.8 Å². The summed E-state index contributed by atoms with van der Waals surface area (Å²) in [5, 5.41) is 3.29. The molecule has 2 heterocycles. The summed E-state index contributed by atoms with van der Waals surface area (Å²) in [7, 11) is -3.96. The molecule has 0 unspecified atom stereocenters. The number of anilines is 1. The molecule has 8 nitrogen and oxygen atoms in total. The lowest BCUT2D eigenvalue weighted by molar-refractivity contribution is -0.127. The van der Waals surface area contributed by atoms with Crippen LogP contribution in [0.5, 0.6) is 5.75 Å². The highest BCUT2D eigenvalue weighted by Gasteiger charge is 2.37. The largest absolute Gasteiger partial charge is 0.476 e. The second kappa shape index (κ2) is 11.3. The Bertz CT molecular complexity index is 1410. The monoisotopic (exact) mass is 555 g/mol. The number of carbonyl (C=O) groups excluding carboxylic acids is 1. The van der Waals surface area contributed by atoms with E-state index in [0.29, 0.717) is 17.3 Å². The number of carbonyl (C=O) groups is 1. The van der Waals surface area contributed by atoms with E-state index in [2.05, 4.69) is 22.3 Å². The van der Waals surface area contributed by atoms with E-state index in [4.69, 9.17) is 21.1 Å². The number of fused-ring (bicyclic) bond motifs is 1. The summed E-state index contributed by atoms with van der Waals surface area (Å²) in [6, 6.07) is 19.4. The number of nitrogens with zero attached hydrogens (tertiary/aromatic N) is 2. The van der Waals surface area contributed by atoms with Gasteiger partial charge >= 0.3 is 0 Å². The molecule has 38 heavy (non-hydrogen) atoms. The lowest BCUT2D eigenvalue weighted by atomic mass is 10.1. The molecule has 0 radical (unpaired) electrons. The molecule has 0 aliphatic carbocycles. The van der Waals surface area contributed by atoms with Gasteiger partial charge in [-0.05, 0) is 48.4 Å². The van der Waals surface area contributed by atoms with E-state index in [9.17, 15) is 13.2 Å². The van der Waals surface area contributed by atoms with Crippen molar-refractivity contribution >= 4 is 33.2 Å². The molecule has 10 heteroatoms. The lowest BCUT2D eigenvalue weighted by Crippen LogP contribution is -2.50. The number of rotatable bonds is 7. The molecule has 0 bridgehead atoms. The first-order chi connectivity index (χ1) is 18.3. The minimum atomic E-state index is -3.96. The summed E-state index contributed by atoms with van der Waals surface area (Å²) in [5.74, 6) is -0.114. The molecule has 2 aliphatic rings. The molecule has 1 N–H and O–H groups in total. The fourth-order valence-electron chi connectivity index (χ4n) is 4.58. The summed E-state index contributed by atoms with van der Waals surface area (Å²) in [6.45, 7) is 6.11. The van der Waals surface area contributed by atoms with Gasteiger partial charge in [0, 0.05) is 31.2 Å². The Morgan fingerprint density at radius 3 is 2.53 bits per heavy atom. The van der Waals surface area contributed by atoms with Crippen LogP contribution in [0.4, 0.5) is 5.69 Å². The van der Waals surface area contributed by atoms with Crippen LogP contribution in [0.25, 0.3) is 0 Å². The van der Waals surface area contributed by atoms with E-state index in [1.807, 2.05) is 19.1 Å². The summed E-state index contributed by atoms with van der Waals surface area (Å²) >= 11 is 6.18. The van der Waals surface area contributed by atoms with E-state index in [-0.39, 0.29) is 17.2 Å². The highest BCUT2D eigenvalue weighted by molar-refractivity contribution is 7.92. The van der Waals surface area contributed by atoms with Crippen molar-refractivity contribution in [3.63, 3.8) is 0 Å². The van der Waals surface area contributed by atoms with Crippen LogP contribution >= 0.6 is 11.6 Å². The Kier molecular flexibility index (Phi) is 7.90. The van der Waals surface area contributed by atoms with Crippen molar-refractivity contribution in [1.82, 2.24) is 10.2 Å². The van der Waals surface area contributed by atoms with E-state index in [1.54, 1.807) is 36.4 Å². The third-order valence-electron chi connectivity index (χ3n) is 6.66. The van der Waals surface area contributed by atoms with Gasteiger partial charge in [-0.15, -0.1) is 0 Å². The Morgan fingerprint density at radius 2 is 1.76 bits per heavy atom. The van der Waals surface area contributed by atoms with Gasteiger partial charge in [-0.2, -0.15) is 0 Å². The van der Waals surface area contributed by atoms with Gasteiger partial charge in [0.15, 0.2) is 6.10 Å².